The Kier molecular flexibility index (Phi) is 4.94. The number of rotatable bonds is 4. The van der Waals surface area contributed by atoms with Crippen molar-refractivity contribution >= 4 is 5.82 Å². The van der Waals surface area contributed by atoms with Gasteiger partial charge in [0.25, 0.3) is 0 Å². The maximum atomic E-state index is 9.73. The fourth-order valence-corrected chi connectivity index (χ4v) is 4.77. The molecule has 3 heterocycles. The van der Waals surface area contributed by atoms with Crippen molar-refractivity contribution < 1.29 is 9.47 Å². The van der Waals surface area contributed by atoms with E-state index >= 15 is 0 Å². The van der Waals surface area contributed by atoms with Crippen LogP contribution >= 0.6 is 0 Å². The molecule has 0 amide bonds. The van der Waals surface area contributed by atoms with E-state index in [2.05, 4.69) is 16.0 Å². The van der Waals surface area contributed by atoms with Crippen molar-refractivity contribution in [3.8, 4) is 11.9 Å². The van der Waals surface area contributed by atoms with Crippen LogP contribution in [0, 0.1) is 25.2 Å². The summed E-state index contributed by atoms with van der Waals surface area (Å²) in [6.07, 6.45) is 5.43. The second-order valence-electron chi connectivity index (χ2n) is 7.80. The summed E-state index contributed by atoms with van der Waals surface area (Å²) in [5.74, 6) is 1.44. The molecule has 2 fully saturated rings. The second-order valence-corrected chi connectivity index (χ2v) is 7.80. The Balaban J connectivity index is 1.65. The molecule has 1 aliphatic carbocycles. The largest absolute Gasteiger partial charge is 0.474 e. The number of pyridine rings is 2. The minimum atomic E-state index is -0.212. The van der Waals surface area contributed by atoms with Gasteiger partial charge in [-0.1, -0.05) is 6.07 Å². The molecule has 0 bridgehead atoms. The van der Waals surface area contributed by atoms with E-state index in [1.165, 1.54) is 0 Å². The van der Waals surface area contributed by atoms with E-state index in [1.54, 1.807) is 13.3 Å². The molecule has 0 unspecified atom stereocenters. The van der Waals surface area contributed by atoms with Gasteiger partial charge in [0.05, 0.1) is 17.2 Å². The topological polar surface area (TPSA) is 71.3 Å². The van der Waals surface area contributed by atoms with E-state index in [-0.39, 0.29) is 17.7 Å². The SMILES string of the molecule is CO[C@@]12CC[C@@H](Oc3ccccn3)C[C@@H]1N(c1nc(C)cc(C)c1C#N)CC2. The van der Waals surface area contributed by atoms with Gasteiger partial charge in [-0.05, 0) is 50.8 Å². The third-order valence-corrected chi connectivity index (χ3v) is 6.18. The van der Waals surface area contributed by atoms with Crippen LogP contribution in [0.5, 0.6) is 5.88 Å². The lowest BCUT2D eigenvalue weighted by atomic mass is 9.79. The van der Waals surface area contributed by atoms with Gasteiger partial charge in [0.15, 0.2) is 0 Å². The predicted molar refractivity (Wildman–Crippen MR) is 106 cm³/mol. The second kappa shape index (κ2) is 7.40. The summed E-state index contributed by atoms with van der Waals surface area (Å²) in [6, 6.07) is 10.2. The zero-order chi connectivity index (χ0) is 19.7. The normalized spacial score (nSPS) is 26.6. The Bertz CT molecular complexity index is 895. The summed E-state index contributed by atoms with van der Waals surface area (Å²) in [5, 5.41) is 9.73. The number of ether oxygens (including phenoxy) is 2. The zero-order valence-corrected chi connectivity index (χ0v) is 16.7. The fraction of sp³-hybridized carbons (Fsp3) is 0.500. The van der Waals surface area contributed by atoms with E-state index in [0.29, 0.717) is 11.4 Å². The summed E-state index contributed by atoms with van der Waals surface area (Å²) in [6.45, 7) is 4.79. The number of anilines is 1. The molecular formula is C22H26N4O2. The molecule has 0 spiro atoms. The molecule has 0 radical (unpaired) electrons. The summed E-state index contributed by atoms with van der Waals surface area (Å²) in [7, 11) is 1.80. The monoisotopic (exact) mass is 378 g/mol. The third-order valence-electron chi connectivity index (χ3n) is 6.18. The zero-order valence-electron chi connectivity index (χ0n) is 16.7. The van der Waals surface area contributed by atoms with E-state index in [0.717, 1.165) is 49.3 Å². The Hall–Kier alpha value is -2.65. The molecule has 1 aliphatic heterocycles. The van der Waals surface area contributed by atoms with Gasteiger partial charge in [0.2, 0.25) is 5.88 Å². The first-order valence-corrected chi connectivity index (χ1v) is 9.84. The number of hydrogen-bond acceptors (Lipinski definition) is 6. The lowest BCUT2D eigenvalue weighted by Crippen LogP contribution is -2.52. The van der Waals surface area contributed by atoms with Gasteiger partial charge in [-0.3, -0.25) is 0 Å². The van der Waals surface area contributed by atoms with Crippen LogP contribution in [0.25, 0.3) is 0 Å². The first kappa shape index (κ1) is 18.7. The third kappa shape index (κ3) is 3.20. The molecule has 3 atom stereocenters. The van der Waals surface area contributed by atoms with Gasteiger partial charge < -0.3 is 14.4 Å². The molecule has 1 saturated carbocycles. The Morgan fingerprint density at radius 3 is 2.86 bits per heavy atom. The Morgan fingerprint density at radius 2 is 2.14 bits per heavy atom. The molecule has 2 aromatic heterocycles. The highest BCUT2D eigenvalue weighted by molar-refractivity contribution is 5.60. The van der Waals surface area contributed by atoms with Gasteiger partial charge in [-0.25, -0.2) is 9.97 Å². The maximum absolute atomic E-state index is 9.73. The van der Waals surface area contributed by atoms with Crippen LogP contribution in [-0.2, 0) is 4.74 Å². The number of hydrogen-bond donors (Lipinski definition) is 0. The van der Waals surface area contributed by atoms with E-state index in [1.807, 2.05) is 38.1 Å². The molecular weight excluding hydrogens is 352 g/mol. The van der Waals surface area contributed by atoms with E-state index < -0.39 is 0 Å². The van der Waals surface area contributed by atoms with E-state index in [4.69, 9.17) is 14.5 Å². The minimum Gasteiger partial charge on any atom is -0.474 e. The van der Waals surface area contributed by atoms with Gasteiger partial charge in [-0.15, -0.1) is 0 Å². The number of methoxy groups -OCH3 is 1. The highest BCUT2D eigenvalue weighted by Gasteiger charge is 2.52. The Labute approximate surface area is 166 Å². The maximum Gasteiger partial charge on any atom is 0.213 e. The van der Waals surface area contributed by atoms with Gasteiger partial charge in [0, 0.05) is 38.0 Å². The van der Waals surface area contributed by atoms with Crippen molar-refractivity contribution in [2.24, 2.45) is 0 Å². The molecule has 6 heteroatoms. The quantitative estimate of drug-likeness (QED) is 0.810. The molecule has 1 saturated heterocycles. The van der Waals surface area contributed by atoms with Crippen molar-refractivity contribution in [1.29, 1.82) is 5.26 Å². The minimum absolute atomic E-state index is 0.0696. The van der Waals surface area contributed by atoms with Gasteiger partial charge >= 0.3 is 0 Å². The number of nitrogens with zero attached hydrogens (tertiary/aromatic N) is 4. The van der Waals surface area contributed by atoms with Crippen LogP contribution in [0.15, 0.2) is 30.5 Å². The lowest BCUT2D eigenvalue weighted by molar-refractivity contribution is -0.0607. The molecule has 6 nitrogen and oxygen atoms in total. The number of nitriles is 1. The van der Waals surface area contributed by atoms with Crippen molar-refractivity contribution in [3.63, 3.8) is 0 Å². The fourth-order valence-electron chi connectivity index (χ4n) is 4.77. The van der Waals surface area contributed by atoms with Crippen molar-refractivity contribution in [3.05, 3.63) is 47.3 Å². The molecule has 2 aliphatic rings. The highest BCUT2D eigenvalue weighted by atomic mass is 16.5. The number of fused-ring (bicyclic) bond motifs is 1. The summed E-state index contributed by atoms with van der Waals surface area (Å²) in [4.78, 5) is 11.3. The van der Waals surface area contributed by atoms with Crippen LogP contribution in [0.2, 0.25) is 0 Å². The van der Waals surface area contributed by atoms with Crippen LogP contribution in [0.3, 0.4) is 0 Å². The molecule has 146 valence electrons. The average Bonchev–Trinajstić information content (AvgIpc) is 3.07. The summed E-state index contributed by atoms with van der Waals surface area (Å²) in [5.41, 5.74) is 2.34. The molecule has 28 heavy (non-hydrogen) atoms. The van der Waals surface area contributed by atoms with Crippen LogP contribution in [-0.4, -0.2) is 41.4 Å². The lowest BCUT2D eigenvalue weighted by Gasteiger charge is -2.43. The van der Waals surface area contributed by atoms with Crippen molar-refractivity contribution in [2.45, 2.75) is 57.3 Å². The smallest absolute Gasteiger partial charge is 0.213 e. The molecule has 2 aromatic rings. The summed E-state index contributed by atoms with van der Waals surface area (Å²) >= 11 is 0. The highest BCUT2D eigenvalue weighted by Crippen LogP contribution is 2.45. The van der Waals surface area contributed by atoms with Crippen LogP contribution < -0.4 is 9.64 Å². The van der Waals surface area contributed by atoms with Gasteiger partial charge in [-0.2, -0.15) is 5.26 Å². The standard InChI is InChI=1S/C22H26N4O2/c1-15-12-16(2)25-21(18(15)14-23)26-11-9-22(27-3)8-7-17(13-19(22)26)28-20-6-4-5-10-24-20/h4-6,10,12,17,19H,7-9,11,13H2,1-3H3/t17-,19+,22-/m1/s1. The molecule has 0 N–H and O–H groups in total. The Morgan fingerprint density at radius 1 is 1.29 bits per heavy atom. The first-order chi connectivity index (χ1) is 13.6. The average molecular weight is 378 g/mol. The van der Waals surface area contributed by atoms with Gasteiger partial charge in [0.1, 0.15) is 18.0 Å². The van der Waals surface area contributed by atoms with E-state index in [9.17, 15) is 5.26 Å². The predicted octanol–water partition coefficient (Wildman–Crippen LogP) is 3.56. The summed E-state index contributed by atoms with van der Waals surface area (Å²) < 4.78 is 12.2. The van der Waals surface area contributed by atoms with Crippen molar-refractivity contribution in [2.75, 3.05) is 18.6 Å². The van der Waals surface area contributed by atoms with Crippen molar-refractivity contribution in [1.82, 2.24) is 9.97 Å². The van der Waals surface area contributed by atoms with Crippen LogP contribution in [0.4, 0.5) is 5.82 Å². The molecule has 4 rings (SSSR count). The van der Waals surface area contributed by atoms with Crippen LogP contribution in [0.1, 0.15) is 42.5 Å². The number of aryl methyl sites for hydroxylation is 2. The number of aromatic nitrogens is 2. The molecule has 0 aromatic carbocycles. The first-order valence-electron chi connectivity index (χ1n) is 9.84.